The molecule has 3 aromatic rings. The van der Waals surface area contributed by atoms with E-state index in [1.807, 2.05) is 18.0 Å². The normalized spacial score (nSPS) is 16.5. The fraction of sp³-hybridized carbons (Fsp3) is 0.300. The Morgan fingerprint density at radius 2 is 2.15 bits per heavy atom. The van der Waals surface area contributed by atoms with Crippen molar-refractivity contribution >= 4 is 0 Å². The number of nitrogens with one attached hydrogen (secondary N) is 1. The van der Waals surface area contributed by atoms with Crippen molar-refractivity contribution < 1.29 is 8.78 Å². The maximum atomic E-state index is 13.9. The zero-order valence-electron chi connectivity index (χ0n) is 15.0. The van der Waals surface area contributed by atoms with Crippen LogP contribution in [0.3, 0.4) is 0 Å². The topological polar surface area (TPSA) is 53.9 Å². The van der Waals surface area contributed by atoms with Crippen LogP contribution in [0.4, 0.5) is 8.78 Å². The van der Waals surface area contributed by atoms with Crippen molar-refractivity contribution in [1.82, 2.24) is 19.7 Å². The Labute approximate surface area is 155 Å². The number of fused-ring (bicyclic) bond motifs is 1. The third kappa shape index (κ3) is 3.42. The number of hydrogen-bond donors (Lipinski definition) is 1. The van der Waals surface area contributed by atoms with Gasteiger partial charge >= 0.3 is 0 Å². The summed E-state index contributed by atoms with van der Waals surface area (Å²) >= 11 is 0. The molecule has 0 saturated carbocycles. The van der Waals surface area contributed by atoms with Crippen molar-refractivity contribution in [2.45, 2.75) is 31.8 Å². The molecule has 5 nitrogen and oxygen atoms in total. The molecule has 1 N–H and O–H groups in total. The molecular formula is C20H20F2N4O. The van der Waals surface area contributed by atoms with Gasteiger partial charge in [-0.1, -0.05) is 12.1 Å². The fourth-order valence-electron chi connectivity index (χ4n) is 3.65. The highest BCUT2D eigenvalue weighted by atomic mass is 19.1. The highest BCUT2D eigenvalue weighted by molar-refractivity contribution is 5.29. The molecule has 1 unspecified atom stereocenters. The average Bonchev–Trinajstić information content (AvgIpc) is 3.01. The van der Waals surface area contributed by atoms with Crippen LogP contribution in [0.15, 0.2) is 47.4 Å². The SMILES string of the molecule is CN(Cc1ccc(F)cc1F)C1CCc2[nH]n(-c3ccccn3)c(=O)c2C1. The second kappa shape index (κ2) is 7.08. The van der Waals surface area contributed by atoms with Gasteiger partial charge in [0.05, 0.1) is 0 Å². The minimum absolute atomic E-state index is 0.0882. The minimum Gasteiger partial charge on any atom is -0.299 e. The van der Waals surface area contributed by atoms with Crippen LogP contribution in [0.5, 0.6) is 0 Å². The van der Waals surface area contributed by atoms with E-state index in [0.717, 1.165) is 30.2 Å². The van der Waals surface area contributed by atoms with Crippen LogP contribution in [0, 0.1) is 11.6 Å². The summed E-state index contributed by atoms with van der Waals surface area (Å²) in [6, 6.07) is 9.18. The lowest BCUT2D eigenvalue weighted by molar-refractivity contribution is 0.210. The Bertz CT molecular complexity index is 1010. The maximum absolute atomic E-state index is 13.9. The van der Waals surface area contributed by atoms with Crippen molar-refractivity contribution in [2.24, 2.45) is 0 Å². The maximum Gasteiger partial charge on any atom is 0.276 e. The van der Waals surface area contributed by atoms with Crippen LogP contribution in [-0.4, -0.2) is 32.8 Å². The first kappa shape index (κ1) is 17.6. The first-order chi connectivity index (χ1) is 13.0. The van der Waals surface area contributed by atoms with E-state index in [-0.39, 0.29) is 11.6 Å². The van der Waals surface area contributed by atoms with Gasteiger partial charge in [0.25, 0.3) is 5.56 Å². The molecule has 140 valence electrons. The van der Waals surface area contributed by atoms with Gasteiger partial charge in [0.2, 0.25) is 0 Å². The van der Waals surface area contributed by atoms with Gasteiger partial charge in [-0.15, -0.1) is 0 Å². The van der Waals surface area contributed by atoms with E-state index in [1.54, 1.807) is 18.3 Å². The van der Waals surface area contributed by atoms with Crippen molar-refractivity contribution in [3.63, 3.8) is 0 Å². The number of likely N-dealkylation sites (N-methyl/N-ethyl adjacent to an activating group) is 1. The summed E-state index contributed by atoms with van der Waals surface area (Å²) in [4.78, 5) is 19.1. The molecule has 1 atom stereocenters. The van der Waals surface area contributed by atoms with Gasteiger partial charge in [0, 0.05) is 41.7 Å². The number of aromatic nitrogens is 3. The third-order valence-electron chi connectivity index (χ3n) is 5.18. The van der Waals surface area contributed by atoms with Crippen LogP contribution in [0.25, 0.3) is 5.82 Å². The molecular weight excluding hydrogens is 350 g/mol. The number of aryl methyl sites for hydroxylation is 1. The van der Waals surface area contributed by atoms with E-state index in [4.69, 9.17) is 0 Å². The molecule has 0 fully saturated rings. The first-order valence-electron chi connectivity index (χ1n) is 8.91. The molecule has 0 saturated heterocycles. The molecule has 0 bridgehead atoms. The summed E-state index contributed by atoms with van der Waals surface area (Å²) in [7, 11) is 1.91. The summed E-state index contributed by atoms with van der Waals surface area (Å²) in [5, 5.41) is 3.16. The van der Waals surface area contributed by atoms with E-state index in [1.165, 1.54) is 16.8 Å². The van der Waals surface area contributed by atoms with E-state index in [0.29, 0.717) is 24.3 Å². The lowest BCUT2D eigenvalue weighted by atomic mass is 9.92. The number of pyridine rings is 1. The number of benzene rings is 1. The molecule has 0 radical (unpaired) electrons. The fourth-order valence-corrected chi connectivity index (χ4v) is 3.65. The molecule has 2 aromatic heterocycles. The quantitative estimate of drug-likeness (QED) is 0.768. The molecule has 1 aliphatic carbocycles. The number of hydrogen-bond acceptors (Lipinski definition) is 3. The standard InChI is InChI=1S/C20H20F2N4O/c1-25(12-13-5-6-14(21)10-17(13)22)15-7-8-18-16(11-15)20(27)26(24-18)19-4-2-3-9-23-19/h2-6,9-10,15,24H,7-8,11-12H2,1H3. The van der Waals surface area contributed by atoms with Crippen molar-refractivity contribution in [1.29, 1.82) is 0 Å². The van der Waals surface area contributed by atoms with Crippen LogP contribution >= 0.6 is 0 Å². The summed E-state index contributed by atoms with van der Waals surface area (Å²) in [6.45, 7) is 0.366. The Morgan fingerprint density at radius 1 is 1.30 bits per heavy atom. The molecule has 0 amide bonds. The van der Waals surface area contributed by atoms with E-state index in [9.17, 15) is 13.6 Å². The molecule has 27 heavy (non-hydrogen) atoms. The second-order valence-corrected chi connectivity index (χ2v) is 6.94. The predicted octanol–water partition coefficient (Wildman–Crippen LogP) is 2.83. The molecule has 7 heteroatoms. The van der Waals surface area contributed by atoms with Gasteiger partial charge in [-0.25, -0.2) is 18.4 Å². The van der Waals surface area contributed by atoms with Gasteiger partial charge in [-0.05, 0) is 44.5 Å². The summed E-state index contributed by atoms with van der Waals surface area (Å²) in [5.41, 5.74) is 2.05. The van der Waals surface area contributed by atoms with E-state index < -0.39 is 11.6 Å². The summed E-state index contributed by atoms with van der Waals surface area (Å²) < 4.78 is 28.5. The Morgan fingerprint density at radius 3 is 2.89 bits per heavy atom. The zero-order valence-corrected chi connectivity index (χ0v) is 15.0. The van der Waals surface area contributed by atoms with Gasteiger partial charge < -0.3 is 0 Å². The molecule has 0 aliphatic heterocycles. The van der Waals surface area contributed by atoms with Crippen molar-refractivity contribution in [2.75, 3.05) is 7.05 Å². The monoisotopic (exact) mass is 370 g/mol. The second-order valence-electron chi connectivity index (χ2n) is 6.94. The molecule has 1 aromatic carbocycles. The van der Waals surface area contributed by atoms with Crippen LogP contribution in [0.2, 0.25) is 0 Å². The average molecular weight is 370 g/mol. The number of nitrogens with zero attached hydrogens (tertiary/aromatic N) is 3. The highest BCUT2D eigenvalue weighted by Crippen LogP contribution is 2.23. The third-order valence-corrected chi connectivity index (χ3v) is 5.18. The van der Waals surface area contributed by atoms with Crippen molar-refractivity contribution in [3.05, 3.63) is 81.4 Å². The Balaban J connectivity index is 1.54. The lowest BCUT2D eigenvalue weighted by Gasteiger charge is -2.30. The Hall–Kier alpha value is -2.80. The molecule has 0 spiro atoms. The van der Waals surface area contributed by atoms with Gasteiger partial charge in [-0.2, -0.15) is 0 Å². The van der Waals surface area contributed by atoms with Crippen LogP contribution in [-0.2, 0) is 19.4 Å². The van der Waals surface area contributed by atoms with Crippen molar-refractivity contribution in [3.8, 4) is 5.82 Å². The summed E-state index contributed by atoms with van der Waals surface area (Å²) in [5.74, 6) is -0.559. The van der Waals surface area contributed by atoms with Gasteiger partial charge in [0.15, 0.2) is 5.82 Å². The van der Waals surface area contributed by atoms with E-state index in [2.05, 4.69) is 10.1 Å². The summed E-state index contributed by atoms with van der Waals surface area (Å²) in [6.07, 6.45) is 3.83. The molecule has 4 rings (SSSR count). The zero-order chi connectivity index (χ0) is 19.0. The largest absolute Gasteiger partial charge is 0.299 e. The number of rotatable bonds is 4. The molecule has 1 aliphatic rings. The number of aromatic amines is 1. The van der Waals surface area contributed by atoms with E-state index >= 15 is 0 Å². The highest BCUT2D eigenvalue weighted by Gasteiger charge is 2.27. The number of H-pyrrole nitrogens is 1. The predicted molar refractivity (Wildman–Crippen MR) is 97.8 cm³/mol. The van der Waals surface area contributed by atoms with Gasteiger partial charge in [0.1, 0.15) is 11.6 Å². The van der Waals surface area contributed by atoms with Crippen LogP contribution < -0.4 is 5.56 Å². The number of halogens is 2. The lowest BCUT2D eigenvalue weighted by Crippen LogP contribution is -2.37. The smallest absolute Gasteiger partial charge is 0.276 e. The first-order valence-corrected chi connectivity index (χ1v) is 8.91. The van der Waals surface area contributed by atoms with Crippen LogP contribution in [0.1, 0.15) is 23.2 Å². The van der Waals surface area contributed by atoms with Gasteiger partial charge in [-0.3, -0.25) is 14.8 Å². The minimum atomic E-state index is -0.580. The molecule has 2 heterocycles. The Kier molecular flexibility index (Phi) is 4.61.